The molecule has 0 amide bonds. The van der Waals surface area contributed by atoms with E-state index >= 15 is 0 Å². The van der Waals surface area contributed by atoms with Crippen LogP contribution in [0, 0.1) is 11.3 Å². The van der Waals surface area contributed by atoms with E-state index in [4.69, 9.17) is 0 Å². The monoisotopic (exact) mass is 297 g/mol. The molecule has 3 nitrogen and oxygen atoms in total. The molecule has 0 aliphatic heterocycles. The molecule has 0 heterocycles. The number of hydrogen-bond donors (Lipinski definition) is 1. The Labute approximate surface area is 133 Å². The molecule has 0 unspecified atom stereocenters. The third-order valence-electron chi connectivity index (χ3n) is 4.89. The summed E-state index contributed by atoms with van der Waals surface area (Å²) in [5, 5.41) is 3.79. The lowest BCUT2D eigenvalue weighted by Crippen LogP contribution is -2.46. The van der Waals surface area contributed by atoms with E-state index in [0.717, 1.165) is 18.5 Å². The second-order valence-corrected chi connectivity index (χ2v) is 7.79. The lowest BCUT2D eigenvalue weighted by atomic mass is 9.81. The van der Waals surface area contributed by atoms with Crippen molar-refractivity contribution in [1.82, 2.24) is 15.1 Å². The van der Waals surface area contributed by atoms with Crippen LogP contribution in [-0.2, 0) is 0 Å². The average Bonchev–Trinajstić information content (AvgIpc) is 3.24. The molecule has 0 saturated heterocycles. The molecule has 0 aromatic carbocycles. The van der Waals surface area contributed by atoms with E-state index in [0.29, 0.717) is 5.41 Å². The predicted molar refractivity (Wildman–Crippen MR) is 93.9 cm³/mol. The topological polar surface area (TPSA) is 18.5 Å². The first-order valence-electron chi connectivity index (χ1n) is 9.01. The van der Waals surface area contributed by atoms with Crippen LogP contribution in [0.2, 0.25) is 0 Å². The second kappa shape index (κ2) is 9.12. The predicted octanol–water partition coefficient (Wildman–Crippen LogP) is 3.06. The first-order valence-corrected chi connectivity index (χ1v) is 9.01. The maximum absolute atomic E-state index is 3.79. The van der Waals surface area contributed by atoms with Crippen molar-refractivity contribution in [3.8, 4) is 0 Å². The maximum Gasteiger partial charge on any atom is 0.0109 e. The maximum atomic E-state index is 3.79. The van der Waals surface area contributed by atoms with Crippen molar-refractivity contribution in [2.45, 2.75) is 59.4 Å². The molecule has 1 fully saturated rings. The Hall–Kier alpha value is -0.120. The van der Waals surface area contributed by atoms with Crippen molar-refractivity contribution >= 4 is 0 Å². The van der Waals surface area contributed by atoms with Crippen LogP contribution in [0.4, 0.5) is 0 Å². The Morgan fingerprint density at radius 1 is 1.10 bits per heavy atom. The van der Waals surface area contributed by atoms with Gasteiger partial charge in [0.25, 0.3) is 0 Å². The van der Waals surface area contributed by atoms with E-state index < -0.39 is 0 Å². The highest BCUT2D eigenvalue weighted by atomic mass is 15.2. The largest absolute Gasteiger partial charge is 0.313 e. The summed E-state index contributed by atoms with van der Waals surface area (Å²) in [6.07, 6.45) is 5.33. The fraction of sp³-hybridized carbons (Fsp3) is 1.00. The van der Waals surface area contributed by atoms with Gasteiger partial charge in [0.15, 0.2) is 0 Å². The van der Waals surface area contributed by atoms with Gasteiger partial charge in [-0.2, -0.15) is 0 Å². The molecule has 0 aromatic heterocycles. The van der Waals surface area contributed by atoms with Crippen molar-refractivity contribution in [2.24, 2.45) is 11.3 Å². The lowest BCUT2D eigenvalue weighted by Gasteiger charge is -2.39. The molecule has 1 aliphatic carbocycles. The molecule has 0 bridgehead atoms. The fourth-order valence-corrected chi connectivity index (χ4v) is 2.99. The van der Waals surface area contributed by atoms with Gasteiger partial charge in [0, 0.05) is 38.8 Å². The first-order chi connectivity index (χ1) is 9.90. The Morgan fingerprint density at radius 2 is 1.71 bits per heavy atom. The molecule has 0 radical (unpaired) electrons. The summed E-state index contributed by atoms with van der Waals surface area (Å²) >= 11 is 0. The molecule has 1 N–H and O–H groups in total. The number of hydrogen-bond acceptors (Lipinski definition) is 3. The minimum atomic E-state index is 0.448. The SMILES string of the molecule is CCC(CC)(CNC1CC1)CN(CCN(C)C)CC(C)C. The van der Waals surface area contributed by atoms with Gasteiger partial charge in [0.05, 0.1) is 0 Å². The van der Waals surface area contributed by atoms with E-state index in [1.807, 2.05) is 0 Å². The zero-order chi connectivity index (χ0) is 15.9. The van der Waals surface area contributed by atoms with Crippen molar-refractivity contribution in [2.75, 3.05) is 46.8 Å². The van der Waals surface area contributed by atoms with Crippen molar-refractivity contribution in [1.29, 1.82) is 0 Å². The summed E-state index contributed by atoms with van der Waals surface area (Å²) in [7, 11) is 4.35. The van der Waals surface area contributed by atoms with Gasteiger partial charge in [-0.1, -0.05) is 27.7 Å². The van der Waals surface area contributed by atoms with Crippen LogP contribution in [0.15, 0.2) is 0 Å². The standard InChI is InChI=1S/C18H39N3/c1-7-18(8-2,14-19-17-9-10-17)15-21(13-16(3)4)12-11-20(5)6/h16-17,19H,7-15H2,1-6H3. The molecule has 0 aromatic rings. The first kappa shape index (κ1) is 18.9. The van der Waals surface area contributed by atoms with Crippen molar-refractivity contribution in [3.05, 3.63) is 0 Å². The third kappa shape index (κ3) is 7.62. The molecular weight excluding hydrogens is 258 g/mol. The molecule has 0 atom stereocenters. The summed E-state index contributed by atoms with van der Waals surface area (Å²) in [5.41, 5.74) is 0.448. The van der Waals surface area contributed by atoms with Crippen LogP contribution in [0.1, 0.15) is 53.4 Å². The van der Waals surface area contributed by atoms with E-state index in [9.17, 15) is 0 Å². The molecule has 1 saturated carbocycles. The molecule has 3 heteroatoms. The number of likely N-dealkylation sites (N-methyl/N-ethyl adjacent to an activating group) is 1. The Morgan fingerprint density at radius 3 is 2.14 bits per heavy atom. The van der Waals surface area contributed by atoms with Crippen LogP contribution in [0.25, 0.3) is 0 Å². The number of nitrogens with one attached hydrogen (secondary N) is 1. The summed E-state index contributed by atoms with van der Waals surface area (Å²) in [5.74, 6) is 0.745. The quantitative estimate of drug-likeness (QED) is 0.597. The molecule has 1 rings (SSSR count). The fourth-order valence-electron chi connectivity index (χ4n) is 2.99. The van der Waals surface area contributed by atoms with Gasteiger partial charge in [-0.15, -0.1) is 0 Å². The van der Waals surface area contributed by atoms with Gasteiger partial charge >= 0.3 is 0 Å². The summed E-state index contributed by atoms with van der Waals surface area (Å²) < 4.78 is 0. The van der Waals surface area contributed by atoms with Gasteiger partial charge in [0.2, 0.25) is 0 Å². The van der Waals surface area contributed by atoms with Crippen molar-refractivity contribution in [3.63, 3.8) is 0 Å². The van der Waals surface area contributed by atoms with Gasteiger partial charge < -0.3 is 15.1 Å². The van der Waals surface area contributed by atoms with Crippen LogP contribution in [-0.4, -0.2) is 62.7 Å². The van der Waals surface area contributed by atoms with Gasteiger partial charge in [-0.05, 0) is 51.1 Å². The van der Waals surface area contributed by atoms with E-state index in [1.165, 1.54) is 51.9 Å². The molecule has 0 spiro atoms. The van der Waals surface area contributed by atoms with Crippen LogP contribution in [0.3, 0.4) is 0 Å². The van der Waals surface area contributed by atoms with E-state index in [2.05, 4.69) is 56.9 Å². The van der Waals surface area contributed by atoms with Gasteiger partial charge in [-0.25, -0.2) is 0 Å². The van der Waals surface area contributed by atoms with E-state index in [1.54, 1.807) is 0 Å². The lowest BCUT2D eigenvalue weighted by molar-refractivity contribution is 0.116. The number of nitrogens with zero attached hydrogens (tertiary/aromatic N) is 2. The van der Waals surface area contributed by atoms with Crippen LogP contribution < -0.4 is 5.32 Å². The smallest absolute Gasteiger partial charge is 0.0109 e. The summed E-state index contributed by atoms with van der Waals surface area (Å²) in [6.45, 7) is 15.4. The molecular formula is C18H39N3. The van der Waals surface area contributed by atoms with Crippen LogP contribution in [0.5, 0.6) is 0 Å². The Kier molecular flexibility index (Phi) is 8.22. The second-order valence-electron chi connectivity index (χ2n) is 7.79. The Bertz CT molecular complexity index is 268. The van der Waals surface area contributed by atoms with E-state index in [-0.39, 0.29) is 0 Å². The van der Waals surface area contributed by atoms with Crippen LogP contribution >= 0.6 is 0 Å². The van der Waals surface area contributed by atoms with Crippen molar-refractivity contribution < 1.29 is 0 Å². The zero-order valence-corrected chi connectivity index (χ0v) is 15.4. The molecule has 1 aliphatic rings. The summed E-state index contributed by atoms with van der Waals surface area (Å²) in [4.78, 5) is 5.00. The zero-order valence-electron chi connectivity index (χ0n) is 15.4. The highest BCUT2D eigenvalue weighted by Gasteiger charge is 2.31. The average molecular weight is 298 g/mol. The normalized spacial score (nSPS) is 16.4. The third-order valence-corrected chi connectivity index (χ3v) is 4.89. The number of rotatable bonds is 12. The minimum Gasteiger partial charge on any atom is -0.313 e. The van der Waals surface area contributed by atoms with Gasteiger partial charge in [-0.3, -0.25) is 0 Å². The molecule has 21 heavy (non-hydrogen) atoms. The summed E-state index contributed by atoms with van der Waals surface area (Å²) in [6, 6.07) is 0.822. The minimum absolute atomic E-state index is 0.448. The highest BCUT2D eigenvalue weighted by molar-refractivity contribution is 4.88. The van der Waals surface area contributed by atoms with Gasteiger partial charge in [0.1, 0.15) is 0 Å². The Balaban J connectivity index is 2.58. The molecule has 126 valence electrons. The highest BCUT2D eigenvalue weighted by Crippen LogP contribution is 2.29.